The van der Waals surface area contributed by atoms with Crippen LogP contribution in [-0.2, 0) is 9.59 Å². The highest BCUT2D eigenvalue weighted by Crippen LogP contribution is 2.23. The molecule has 1 unspecified atom stereocenters. The molecule has 6 heteroatoms. The van der Waals surface area contributed by atoms with E-state index in [9.17, 15) is 9.59 Å². The number of carbonyl (C=O) groups excluding carboxylic acids is 2. The molecule has 2 heterocycles. The number of amides is 2. The van der Waals surface area contributed by atoms with Gasteiger partial charge in [0.1, 0.15) is 0 Å². The van der Waals surface area contributed by atoms with Gasteiger partial charge in [-0.25, -0.2) is 0 Å². The number of nitrogens with zero attached hydrogens (tertiary/aromatic N) is 2. The number of aromatic nitrogens is 2. The van der Waals surface area contributed by atoms with E-state index in [2.05, 4.69) is 29.6 Å². The third-order valence-electron chi connectivity index (χ3n) is 3.70. The summed E-state index contributed by atoms with van der Waals surface area (Å²) in [4.78, 5) is 23.4. The third kappa shape index (κ3) is 2.84. The molecule has 1 aliphatic rings. The number of aryl methyl sites for hydroxylation is 1. The predicted molar refractivity (Wildman–Crippen MR) is 76.4 cm³/mol. The van der Waals surface area contributed by atoms with Gasteiger partial charge in [0.25, 0.3) is 0 Å². The van der Waals surface area contributed by atoms with Crippen LogP contribution in [0.4, 0.5) is 5.69 Å². The molecule has 1 saturated heterocycles. The summed E-state index contributed by atoms with van der Waals surface area (Å²) < 4.78 is 1.91. The van der Waals surface area contributed by atoms with E-state index in [1.807, 2.05) is 18.5 Å². The van der Waals surface area contributed by atoms with Crippen molar-refractivity contribution in [1.82, 2.24) is 15.1 Å². The Morgan fingerprint density at radius 1 is 1.45 bits per heavy atom. The lowest BCUT2D eigenvalue weighted by molar-refractivity contribution is -0.126. The zero-order valence-corrected chi connectivity index (χ0v) is 12.5. The number of hydrogen-bond acceptors (Lipinski definition) is 3. The Morgan fingerprint density at radius 2 is 2.15 bits per heavy atom. The topological polar surface area (TPSA) is 76.0 Å². The minimum atomic E-state index is -0.158. The van der Waals surface area contributed by atoms with Gasteiger partial charge in [0.05, 0.1) is 23.0 Å². The van der Waals surface area contributed by atoms with Crippen LogP contribution < -0.4 is 10.6 Å². The summed E-state index contributed by atoms with van der Waals surface area (Å²) in [6.45, 7) is 8.38. The van der Waals surface area contributed by atoms with Gasteiger partial charge in [-0.1, -0.05) is 0 Å². The summed E-state index contributed by atoms with van der Waals surface area (Å²) in [5.41, 5.74) is 2.58. The van der Waals surface area contributed by atoms with Gasteiger partial charge < -0.3 is 10.6 Å². The van der Waals surface area contributed by atoms with E-state index in [0.717, 1.165) is 17.1 Å². The normalized spacial score (nSPS) is 19.1. The molecule has 2 rings (SSSR count). The first kappa shape index (κ1) is 14.6. The number of rotatable bonds is 3. The molecule has 1 atom stereocenters. The molecule has 0 spiro atoms. The summed E-state index contributed by atoms with van der Waals surface area (Å²) in [5.74, 6) is -0.178. The molecule has 0 aliphatic carbocycles. The Kier molecular flexibility index (Phi) is 4.11. The van der Waals surface area contributed by atoms with Crippen molar-refractivity contribution in [2.75, 3.05) is 11.9 Å². The van der Waals surface area contributed by atoms with Crippen molar-refractivity contribution in [1.29, 1.82) is 0 Å². The lowest BCUT2D eigenvalue weighted by Gasteiger charge is -2.21. The quantitative estimate of drug-likeness (QED) is 0.880. The maximum Gasteiger partial charge on any atom is 0.229 e. The highest BCUT2D eigenvalue weighted by Gasteiger charge is 2.26. The first-order valence-electron chi connectivity index (χ1n) is 7.03. The van der Waals surface area contributed by atoms with E-state index in [1.165, 1.54) is 0 Å². The molecule has 20 heavy (non-hydrogen) atoms. The van der Waals surface area contributed by atoms with Crippen molar-refractivity contribution >= 4 is 17.5 Å². The van der Waals surface area contributed by atoms with E-state index in [0.29, 0.717) is 19.4 Å². The highest BCUT2D eigenvalue weighted by molar-refractivity contribution is 5.95. The molecule has 0 aromatic carbocycles. The maximum absolute atomic E-state index is 12.3. The summed E-state index contributed by atoms with van der Waals surface area (Å²) in [7, 11) is 0. The lowest BCUT2D eigenvalue weighted by Crippen LogP contribution is -2.40. The minimum absolute atomic E-state index is 0.0223. The van der Waals surface area contributed by atoms with E-state index in [1.54, 1.807) is 0 Å². The predicted octanol–water partition coefficient (Wildman–Crippen LogP) is 1.55. The number of carbonyl (C=O) groups is 2. The van der Waals surface area contributed by atoms with Gasteiger partial charge in [-0.3, -0.25) is 14.3 Å². The summed E-state index contributed by atoms with van der Waals surface area (Å²) in [6.07, 6.45) is 1.02. The minimum Gasteiger partial charge on any atom is -0.355 e. The van der Waals surface area contributed by atoms with Crippen LogP contribution in [0, 0.1) is 19.8 Å². The van der Waals surface area contributed by atoms with Gasteiger partial charge in [-0.15, -0.1) is 0 Å². The smallest absolute Gasteiger partial charge is 0.229 e. The van der Waals surface area contributed by atoms with Crippen LogP contribution in [0.5, 0.6) is 0 Å². The average molecular weight is 278 g/mol. The third-order valence-corrected chi connectivity index (χ3v) is 3.70. The number of nitrogens with one attached hydrogen (secondary N) is 2. The van der Waals surface area contributed by atoms with Crippen LogP contribution in [0.2, 0.25) is 0 Å². The van der Waals surface area contributed by atoms with Crippen molar-refractivity contribution < 1.29 is 9.59 Å². The largest absolute Gasteiger partial charge is 0.355 e. The molecule has 110 valence electrons. The summed E-state index contributed by atoms with van der Waals surface area (Å²) >= 11 is 0. The van der Waals surface area contributed by atoms with Crippen molar-refractivity contribution in [2.24, 2.45) is 5.92 Å². The number of piperidine rings is 1. The van der Waals surface area contributed by atoms with Crippen molar-refractivity contribution in [3.63, 3.8) is 0 Å². The van der Waals surface area contributed by atoms with Crippen molar-refractivity contribution in [3.05, 3.63) is 11.4 Å². The second-order valence-corrected chi connectivity index (χ2v) is 5.61. The molecule has 6 nitrogen and oxygen atoms in total. The van der Waals surface area contributed by atoms with Crippen LogP contribution >= 0.6 is 0 Å². The monoisotopic (exact) mass is 278 g/mol. The van der Waals surface area contributed by atoms with Gasteiger partial charge in [-0.05, 0) is 34.1 Å². The Labute approximate surface area is 118 Å². The summed E-state index contributed by atoms with van der Waals surface area (Å²) in [5, 5.41) is 10.1. The zero-order valence-electron chi connectivity index (χ0n) is 12.5. The fourth-order valence-corrected chi connectivity index (χ4v) is 2.53. The highest BCUT2D eigenvalue weighted by atomic mass is 16.2. The molecule has 0 bridgehead atoms. The van der Waals surface area contributed by atoms with Crippen molar-refractivity contribution in [3.8, 4) is 0 Å². The standard InChI is InChI=1S/C14H22N4O2/c1-8(2)18-10(4)13(9(3)17-18)16-14(20)11-5-6-12(19)15-7-11/h8,11H,5-7H2,1-4H3,(H,15,19)(H,16,20). The zero-order chi connectivity index (χ0) is 14.9. The number of anilines is 1. The van der Waals surface area contributed by atoms with Crippen LogP contribution in [0.25, 0.3) is 0 Å². The SMILES string of the molecule is Cc1nn(C(C)C)c(C)c1NC(=O)C1CCC(=O)NC1. The fourth-order valence-electron chi connectivity index (χ4n) is 2.53. The lowest BCUT2D eigenvalue weighted by atomic mass is 9.98. The van der Waals surface area contributed by atoms with E-state index >= 15 is 0 Å². The van der Waals surface area contributed by atoms with Crippen LogP contribution in [0.1, 0.15) is 44.1 Å². The van der Waals surface area contributed by atoms with E-state index < -0.39 is 0 Å². The molecule has 1 aliphatic heterocycles. The maximum atomic E-state index is 12.3. The van der Waals surface area contributed by atoms with Gasteiger partial charge >= 0.3 is 0 Å². The van der Waals surface area contributed by atoms with Gasteiger partial charge in [0.2, 0.25) is 11.8 Å². The molecular formula is C14H22N4O2. The Hall–Kier alpha value is -1.85. The molecule has 0 radical (unpaired) electrons. The van der Waals surface area contributed by atoms with Crippen LogP contribution in [-0.4, -0.2) is 28.1 Å². The van der Waals surface area contributed by atoms with E-state index in [-0.39, 0.29) is 23.8 Å². The molecule has 2 amide bonds. The fraction of sp³-hybridized carbons (Fsp3) is 0.643. The molecule has 2 N–H and O–H groups in total. The second-order valence-electron chi connectivity index (χ2n) is 5.61. The Bertz CT molecular complexity index is 524. The Morgan fingerprint density at radius 3 is 2.65 bits per heavy atom. The first-order valence-corrected chi connectivity index (χ1v) is 7.03. The molecule has 1 aromatic rings. The van der Waals surface area contributed by atoms with Gasteiger partial charge in [-0.2, -0.15) is 5.10 Å². The van der Waals surface area contributed by atoms with Crippen LogP contribution in [0.3, 0.4) is 0 Å². The van der Waals surface area contributed by atoms with E-state index in [4.69, 9.17) is 0 Å². The molecular weight excluding hydrogens is 256 g/mol. The summed E-state index contributed by atoms with van der Waals surface area (Å²) in [6, 6.07) is 0.258. The molecule has 1 aromatic heterocycles. The second kappa shape index (κ2) is 5.64. The number of hydrogen-bond donors (Lipinski definition) is 2. The molecule has 0 saturated carbocycles. The molecule has 1 fully saturated rings. The van der Waals surface area contributed by atoms with Gasteiger partial charge in [0, 0.05) is 19.0 Å². The Balaban J connectivity index is 2.10. The van der Waals surface area contributed by atoms with Crippen LogP contribution in [0.15, 0.2) is 0 Å². The first-order chi connectivity index (χ1) is 9.40. The van der Waals surface area contributed by atoms with Crippen molar-refractivity contribution in [2.45, 2.75) is 46.6 Å². The van der Waals surface area contributed by atoms with Gasteiger partial charge in [0.15, 0.2) is 0 Å². The average Bonchev–Trinajstić information content (AvgIpc) is 2.67.